The Morgan fingerprint density at radius 3 is 2.13 bits per heavy atom. The molecule has 1 fully saturated rings. The van der Waals surface area contributed by atoms with Gasteiger partial charge < -0.3 is 24.8 Å². The van der Waals surface area contributed by atoms with E-state index in [1.807, 2.05) is 0 Å². The molecule has 7 nitrogen and oxygen atoms in total. The summed E-state index contributed by atoms with van der Waals surface area (Å²) < 4.78 is 9.24. The fourth-order valence-electron chi connectivity index (χ4n) is 2.30. The van der Waals surface area contributed by atoms with Gasteiger partial charge in [0.25, 0.3) is 0 Å². The van der Waals surface area contributed by atoms with Crippen molar-refractivity contribution in [3.63, 3.8) is 0 Å². The maximum absolute atomic E-state index is 11.6. The number of aliphatic hydroxyl groups is 3. The molecular formula is C16H28O7. The van der Waals surface area contributed by atoms with E-state index in [1.54, 1.807) is 0 Å². The van der Waals surface area contributed by atoms with Gasteiger partial charge in [-0.2, -0.15) is 0 Å². The highest BCUT2D eigenvalue weighted by Gasteiger charge is 2.50. The number of esters is 1. The number of hydrogen-bond donors (Lipinski definition) is 3. The highest BCUT2D eigenvalue weighted by atomic mass is 16.7. The first-order valence-corrected chi connectivity index (χ1v) is 8.40. The van der Waals surface area contributed by atoms with E-state index in [0.29, 0.717) is 6.42 Å². The van der Waals surface area contributed by atoms with Crippen molar-refractivity contribution in [3.05, 3.63) is 0 Å². The van der Waals surface area contributed by atoms with Crippen molar-refractivity contribution in [3.8, 4) is 0 Å². The molecule has 0 aliphatic carbocycles. The third-order valence-corrected chi connectivity index (χ3v) is 3.89. The molecule has 0 aromatic rings. The number of hydrogen-bond acceptors (Lipinski definition) is 7. The second kappa shape index (κ2) is 10.6. The molecule has 3 N–H and O–H groups in total. The Labute approximate surface area is 136 Å². The molecule has 0 spiro atoms. The normalized spacial score (nSPS) is 20.5. The van der Waals surface area contributed by atoms with E-state index in [4.69, 9.17) is 4.74 Å². The minimum Gasteiger partial charge on any atom is -0.464 e. The number of ether oxygens (including phenoxy) is 2. The summed E-state index contributed by atoms with van der Waals surface area (Å²) in [6.45, 7) is 2.33. The predicted molar refractivity (Wildman–Crippen MR) is 81.5 cm³/mol. The van der Waals surface area contributed by atoms with Crippen molar-refractivity contribution in [2.24, 2.45) is 0 Å². The molecule has 0 bridgehead atoms. The minimum atomic E-state index is -1.89. The van der Waals surface area contributed by atoms with E-state index < -0.39 is 36.4 Å². The van der Waals surface area contributed by atoms with Gasteiger partial charge >= 0.3 is 11.9 Å². The van der Waals surface area contributed by atoms with E-state index in [2.05, 4.69) is 11.7 Å². The van der Waals surface area contributed by atoms with E-state index in [1.165, 1.54) is 25.7 Å². The molecule has 1 saturated heterocycles. The Balaban J connectivity index is 2.05. The van der Waals surface area contributed by atoms with Gasteiger partial charge in [-0.05, 0) is 6.42 Å². The molecule has 0 radical (unpaired) electrons. The Hall–Kier alpha value is -1.18. The molecule has 134 valence electrons. The third kappa shape index (κ3) is 7.28. The molecule has 0 saturated carbocycles. The minimum absolute atomic E-state index is 0.159. The zero-order chi connectivity index (χ0) is 17.2. The SMILES string of the molecule is CCCCCCCCCCOC(=O)[C@@H](O)[C@@H](O)[C@H](O)[C@H]1OC1=O. The fourth-order valence-corrected chi connectivity index (χ4v) is 2.30. The second-order valence-corrected chi connectivity index (χ2v) is 5.93. The van der Waals surface area contributed by atoms with E-state index in [9.17, 15) is 24.9 Å². The summed E-state index contributed by atoms with van der Waals surface area (Å²) in [5.41, 5.74) is 0. The molecule has 1 aliphatic heterocycles. The van der Waals surface area contributed by atoms with Gasteiger partial charge in [-0.15, -0.1) is 0 Å². The first kappa shape index (κ1) is 19.9. The summed E-state index contributed by atoms with van der Waals surface area (Å²) in [6, 6.07) is 0. The number of unbranched alkanes of at least 4 members (excludes halogenated alkanes) is 7. The summed E-state index contributed by atoms with van der Waals surface area (Å²) in [5.74, 6) is -1.68. The van der Waals surface area contributed by atoms with Crippen molar-refractivity contribution in [1.29, 1.82) is 0 Å². The maximum atomic E-state index is 11.6. The van der Waals surface area contributed by atoms with Crippen molar-refractivity contribution in [2.45, 2.75) is 82.7 Å². The number of rotatable bonds is 13. The zero-order valence-electron chi connectivity index (χ0n) is 13.6. The quantitative estimate of drug-likeness (QED) is 0.258. The van der Waals surface area contributed by atoms with Crippen LogP contribution in [-0.4, -0.2) is 58.3 Å². The lowest BCUT2D eigenvalue weighted by molar-refractivity contribution is -0.165. The number of carbonyl (C=O) groups excluding carboxylic acids is 2. The van der Waals surface area contributed by atoms with Gasteiger partial charge in [0.05, 0.1) is 6.61 Å². The first-order valence-electron chi connectivity index (χ1n) is 8.40. The third-order valence-electron chi connectivity index (χ3n) is 3.89. The molecule has 0 amide bonds. The van der Waals surface area contributed by atoms with Crippen LogP contribution in [0.1, 0.15) is 58.3 Å². The predicted octanol–water partition coefficient (Wildman–Crippen LogP) is 0.678. The number of cyclic esters (lactones) is 1. The zero-order valence-corrected chi connectivity index (χ0v) is 13.6. The average molecular weight is 332 g/mol. The van der Waals surface area contributed by atoms with Crippen LogP contribution in [-0.2, 0) is 19.1 Å². The van der Waals surface area contributed by atoms with Crippen LogP contribution < -0.4 is 0 Å². The molecule has 0 aromatic heterocycles. The summed E-state index contributed by atoms with van der Waals surface area (Å²) >= 11 is 0. The average Bonchev–Trinajstić information content (AvgIpc) is 3.27. The molecule has 7 heteroatoms. The van der Waals surface area contributed by atoms with E-state index >= 15 is 0 Å². The van der Waals surface area contributed by atoms with E-state index in [0.717, 1.165) is 19.3 Å². The Morgan fingerprint density at radius 1 is 1.09 bits per heavy atom. The number of carbonyl (C=O) groups is 2. The van der Waals surface area contributed by atoms with Gasteiger partial charge in [0.2, 0.25) is 6.10 Å². The molecular weight excluding hydrogens is 304 g/mol. The fraction of sp³-hybridized carbons (Fsp3) is 0.875. The molecule has 0 unspecified atom stereocenters. The van der Waals surface area contributed by atoms with Gasteiger partial charge in [0.1, 0.15) is 12.2 Å². The largest absolute Gasteiger partial charge is 0.464 e. The van der Waals surface area contributed by atoms with Gasteiger partial charge in [0, 0.05) is 0 Å². The molecule has 1 rings (SSSR count). The maximum Gasteiger partial charge on any atom is 0.351 e. The Kier molecular flexibility index (Phi) is 9.13. The van der Waals surface area contributed by atoms with Crippen LogP contribution in [0.2, 0.25) is 0 Å². The summed E-state index contributed by atoms with van der Waals surface area (Å²) in [7, 11) is 0. The summed E-state index contributed by atoms with van der Waals surface area (Å²) in [5, 5.41) is 28.7. The molecule has 0 aromatic carbocycles. The lowest BCUT2D eigenvalue weighted by Crippen LogP contribution is -2.45. The summed E-state index contributed by atoms with van der Waals surface area (Å²) in [6.07, 6.45) is 2.33. The van der Waals surface area contributed by atoms with Gasteiger partial charge in [-0.3, -0.25) is 0 Å². The molecule has 4 atom stereocenters. The Morgan fingerprint density at radius 2 is 1.61 bits per heavy atom. The van der Waals surface area contributed by atoms with Gasteiger partial charge in [-0.25, -0.2) is 9.59 Å². The van der Waals surface area contributed by atoms with Crippen molar-refractivity contribution in [1.82, 2.24) is 0 Å². The van der Waals surface area contributed by atoms with Crippen LogP contribution in [0.5, 0.6) is 0 Å². The van der Waals surface area contributed by atoms with Crippen LogP contribution >= 0.6 is 0 Å². The number of epoxide rings is 1. The molecule has 23 heavy (non-hydrogen) atoms. The molecule has 1 aliphatic rings. The Bertz CT molecular complexity index is 371. The lowest BCUT2D eigenvalue weighted by atomic mass is 10.1. The van der Waals surface area contributed by atoms with E-state index in [-0.39, 0.29) is 6.61 Å². The molecule has 1 heterocycles. The van der Waals surface area contributed by atoms with Crippen LogP contribution in [0.4, 0.5) is 0 Å². The van der Waals surface area contributed by atoms with Crippen molar-refractivity contribution in [2.75, 3.05) is 6.61 Å². The van der Waals surface area contributed by atoms with Crippen LogP contribution in [0.25, 0.3) is 0 Å². The number of aliphatic hydroxyl groups excluding tert-OH is 3. The topological polar surface area (TPSA) is 117 Å². The lowest BCUT2D eigenvalue weighted by Gasteiger charge is -2.19. The monoisotopic (exact) mass is 332 g/mol. The highest BCUT2D eigenvalue weighted by Crippen LogP contribution is 2.20. The van der Waals surface area contributed by atoms with Crippen molar-refractivity contribution < 1.29 is 34.4 Å². The smallest absolute Gasteiger partial charge is 0.351 e. The van der Waals surface area contributed by atoms with Crippen LogP contribution in [0.15, 0.2) is 0 Å². The van der Waals surface area contributed by atoms with Crippen molar-refractivity contribution >= 4 is 11.9 Å². The summed E-state index contributed by atoms with van der Waals surface area (Å²) in [4.78, 5) is 22.2. The standard InChI is InChI=1S/C16H28O7/c1-2-3-4-5-6-7-8-9-10-22-15(20)13(19)11(17)12(18)14-16(21)23-14/h11-14,17-19H,2-10H2,1H3/t11-,12-,13-,14+/m0/s1. The van der Waals surface area contributed by atoms with Gasteiger partial charge in [-0.1, -0.05) is 51.9 Å². The first-order chi connectivity index (χ1) is 11.0. The highest BCUT2D eigenvalue weighted by molar-refractivity contribution is 5.88. The van der Waals surface area contributed by atoms with Gasteiger partial charge in [0.15, 0.2) is 6.10 Å². The van der Waals surface area contributed by atoms with Crippen LogP contribution in [0.3, 0.4) is 0 Å². The van der Waals surface area contributed by atoms with Crippen LogP contribution in [0, 0.1) is 0 Å². The second-order valence-electron chi connectivity index (χ2n) is 5.93.